The maximum atomic E-state index is 9.09. The summed E-state index contributed by atoms with van der Waals surface area (Å²) < 4.78 is 1.65. The monoisotopic (exact) mass is 185 g/mol. The zero-order chi connectivity index (χ0) is 9.97. The first-order valence-corrected chi connectivity index (χ1v) is 4.04. The molecule has 68 valence electrons. The van der Waals surface area contributed by atoms with Crippen molar-refractivity contribution >= 4 is 0 Å². The van der Waals surface area contributed by atoms with E-state index in [9.17, 15) is 0 Å². The summed E-state index contributed by atoms with van der Waals surface area (Å²) in [5.74, 6) is 0.531. The second-order valence-electron chi connectivity index (χ2n) is 2.75. The number of phenolic OH excluding ortho intramolecular Hbond substituents is 1. The number of rotatable bonds is 1. The second-order valence-corrected chi connectivity index (χ2v) is 2.75. The lowest BCUT2D eigenvalue weighted by molar-refractivity contribution is 0.475. The zero-order valence-electron chi connectivity index (χ0n) is 7.25. The fraction of sp³-hybridized carbons (Fsp3) is 0. The van der Waals surface area contributed by atoms with E-state index >= 15 is 0 Å². The van der Waals surface area contributed by atoms with Crippen LogP contribution in [0.1, 0.15) is 5.82 Å². The number of aromatic nitrogens is 2. The molecule has 0 aliphatic carbocycles. The van der Waals surface area contributed by atoms with Gasteiger partial charge in [-0.3, -0.25) is 4.57 Å². The Morgan fingerprint density at radius 1 is 1.29 bits per heavy atom. The molecule has 1 heterocycles. The predicted molar refractivity (Wildman–Crippen MR) is 49.9 cm³/mol. The molecule has 0 atom stereocenters. The van der Waals surface area contributed by atoms with E-state index in [0.717, 1.165) is 5.69 Å². The molecule has 1 aromatic carbocycles. The highest BCUT2D eigenvalue weighted by Crippen LogP contribution is 2.14. The average Bonchev–Trinajstić information content (AvgIpc) is 2.67. The van der Waals surface area contributed by atoms with Crippen molar-refractivity contribution in [2.75, 3.05) is 0 Å². The molecule has 4 nitrogen and oxygen atoms in total. The van der Waals surface area contributed by atoms with Crippen LogP contribution in [0.4, 0.5) is 0 Å². The van der Waals surface area contributed by atoms with Crippen molar-refractivity contribution in [2.24, 2.45) is 0 Å². The van der Waals surface area contributed by atoms with Gasteiger partial charge in [-0.15, -0.1) is 0 Å². The Labute approximate surface area is 80.7 Å². The molecule has 2 aromatic rings. The quantitative estimate of drug-likeness (QED) is 0.731. The van der Waals surface area contributed by atoms with Crippen LogP contribution in [0.5, 0.6) is 5.75 Å². The summed E-state index contributed by atoms with van der Waals surface area (Å²) in [5, 5.41) is 17.8. The van der Waals surface area contributed by atoms with Crippen LogP contribution in [-0.2, 0) is 0 Å². The van der Waals surface area contributed by atoms with Crippen LogP contribution in [0.25, 0.3) is 5.69 Å². The Hall–Kier alpha value is -2.28. The van der Waals surface area contributed by atoms with Gasteiger partial charge in [-0.05, 0) is 24.3 Å². The van der Waals surface area contributed by atoms with E-state index in [1.807, 2.05) is 6.07 Å². The van der Waals surface area contributed by atoms with Crippen LogP contribution in [0, 0.1) is 11.3 Å². The van der Waals surface area contributed by atoms with Gasteiger partial charge >= 0.3 is 0 Å². The molecule has 0 spiro atoms. The normalized spacial score (nSPS) is 9.64. The first kappa shape index (κ1) is 8.32. The van der Waals surface area contributed by atoms with Gasteiger partial charge < -0.3 is 5.11 Å². The number of imidazole rings is 1. The summed E-state index contributed by atoms with van der Waals surface area (Å²) in [6.45, 7) is 0. The van der Waals surface area contributed by atoms with Crippen molar-refractivity contribution < 1.29 is 5.11 Å². The maximum Gasteiger partial charge on any atom is 0.217 e. The third-order valence-corrected chi connectivity index (χ3v) is 1.87. The molecule has 4 heteroatoms. The summed E-state index contributed by atoms with van der Waals surface area (Å²) in [5.41, 5.74) is 0.803. The van der Waals surface area contributed by atoms with Gasteiger partial charge in [0, 0.05) is 18.1 Å². The molecule has 14 heavy (non-hydrogen) atoms. The molecule has 1 aromatic heterocycles. The van der Waals surface area contributed by atoms with Gasteiger partial charge in [-0.25, -0.2) is 4.98 Å². The molecule has 0 radical (unpaired) electrons. The van der Waals surface area contributed by atoms with Crippen molar-refractivity contribution in [3.05, 3.63) is 42.5 Å². The molecule has 0 aliphatic rings. The third kappa shape index (κ3) is 1.31. The van der Waals surface area contributed by atoms with Gasteiger partial charge in [-0.1, -0.05) is 0 Å². The largest absolute Gasteiger partial charge is 0.508 e. The molecular formula is C10H7N3O. The van der Waals surface area contributed by atoms with E-state index in [-0.39, 0.29) is 5.75 Å². The first-order chi connectivity index (χ1) is 6.81. The fourth-order valence-corrected chi connectivity index (χ4v) is 1.21. The van der Waals surface area contributed by atoms with Gasteiger partial charge in [0.15, 0.2) is 0 Å². The lowest BCUT2D eigenvalue weighted by Gasteiger charge is -2.02. The highest BCUT2D eigenvalue weighted by atomic mass is 16.3. The maximum absolute atomic E-state index is 9.09. The lowest BCUT2D eigenvalue weighted by atomic mass is 10.3. The van der Waals surface area contributed by atoms with E-state index in [0.29, 0.717) is 5.82 Å². The molecule has 0 unspecified atom stereocenters. The number of nitriles is 1. The molecular weight excluding hydrogens is 178 g/mol. The van der Waals surface area contributed by atoms with E-state index in [4.69, 9.17) is 10.4 Å². The Kier molecular flexibility index (Phi) is 1.92. The smallest absolute Gasteiger partial charge is 0.217 e. The summed E-state index contributed by atoms with van der Waals surface area (Å²) in [6, 6.07) is 8.55. The Bertz CT molecular complexity index is 479. The van der Waals surface area contributed by atoms with Crippen LogP contribution in [0.3, 0.4) is 0 Å². The predicted octanol–water partition coefficient (Wildman–Crippen LogP) is 1.45. The first-order valence-electron chi connectivity index (χ1n) is 4.04. The highest BCUT2D eigenvalue weighted by molar-refractivity contribution is 5.39. The molecule has 1 N–H and O–H groups in total. The number of nitrogens with zero attached hydrogens (tertiary/aromatic N) is 3. The van der Waals surface area contributed by atoms with Crippen LogP contribution >= 0.6 is 0 Å². The van der Waals surface area contributed by atoms with Gasteiger partial charge in [0.05, 0.1) is 0 Å². The van der Waals surface area contributed by atoms with Crippen LogP contribution in [0.2, 0.25) is 0 Å². The molecule has 0 saturated carbocycles. The number of hydrogen-bond acceptors (Lipinski definition) is 3. The molecule has 0 aliphatic heterocycles. The summed E-state index contributed by atoms with van der Waals surface area (Å²) in [4.78, 5) is 3.87. The van der Waals surface area contributed by atoms with Gasteiger partial charge in [0.25, 0.3) is 0 Å². The van der Waals surface area contributed by atoms with Gasteiger partial charge in [0.2, 0.25) is 5.82 Å². The zero-order valence-corrected chi connectivity index (χ0v) is 7.25. The summed E-state index contributed by atoms with van der Waals surface area (Å²) >= 11 is 0. The molecule has 0 bridgehead atoms. The van der Waals surface area contributed by atoms with Gasteiger partial charge in [-0.2, -0.15) is 5.26 Å². The topological polar surface area (TPSA) is 61.8 Å². The molecule has 0 amide bonds. The van der Waals surface area contributed by atoms with Crippen molar-refractivity contribution in [1.82, 2.24) is 9.55 Å². The number of hydrogen-bond donors (Lipinski definition) is 1. The lowest BCUT2D eigenvalue weighted by Crippen LogP contribution is -1.95. The van der Waals surface area contributed by atoms with E-state index < -0.39 is 0 Å². The summed E-state index contributed by atoms with van der Waals surface area (Å²) in [7, 11) is 0. The van der Waals surface area contributed by atoms with Crippen LogP contribution < -0.4 is 0 Å². The second kappa shape index (κ2) is 3.23. The van der Waals surface area contributed by atoms with Crippen molar-refractivity contribution in [3.8, 4) is 17.5 Å². The fourth-order valence-electron chi connectivity index (χ4n) is 1.21. The Morgan fingerprint density at radius 2 is 2.00 bits per heavy atom. The Morgan fingerprint density at radius 3 is 2.64 bits per heavy atom. The highest BCUT2D eigenvalue weighted by Gasteiger charge is 2.02. The minimum Gasteiger partial charge on any atom is -0.508 e. The van der Waals surface area contributed by atoms with Crippen molar-refractivity contribution in [1.29, 1.82) is 5.26 Å². The van der Waals surface area contributed by atoms with Crippen molar-refractivity contribution in [2.45, 2.75) is 0 Å². The van der Waals surface area contributed by atoms with Gasteiger partial charge in [0.1, 0.15) is 11.8 Å². The van der Waals surface area contributed by atoms with E-state index in [2.05, 4.69) is 4.98 Å². The Balaban J connectivity index is 2.50. The summed E-state index contributed by atoms with van der Waals surface area (Å²) in [6.07, 6.45) is 3.26. The van der Waals surface area contributed by atoms with Crippen molar-refractivity contribution in [3.63, 3.8) is 0 Å². The molecule has 0 fully saturated rings. The van der Waals surface area contributed by atoms with Crippen LogP contribution in [-0.4, -0.2) is 14.7 Å². The van der Waals surface area contributed by atoms with E-state index in [1.165, 1.54) is 0 Å². The third-order valence-electron chi connectivity index (χ3n) is 1.87. The number of benzene rings is 1. The average molecular weight is 185 g/mol. The molecule has 0 saturated heterocycles. The van der Waals surface area contributed by atoms with E-state index in [1.54, 1.807) is 41.2 Å². The SMILES string of the molecule is N#Cc1nccn1-c1ccc(O)cc1. The minimum atomic E-state index is 0.201. The number of phenols is 1. The molecule has 2 rings (SSSR count). The standard InChI is InChI=1S/C10H7N3O/c11-7-10-12-5-6-13(10)8-1-3-9(14)4-2-8/h1-6,14H. The number of aromatic hydroxyl groups is 1. The minimum absolute atomic E-state index is 0.201. The van der Waals surface area contributed by atoms with Crippen LogP contribution in [0.15, 0.2) is 36.7 Å².